The van der Waals surface area contributed by atoms with Crippen LogP contribution in [0.15, 0.2) is 53.5 Å². The molecule has 0 radical (unpaired) electrons. The van der Waals surface area contributed by atoms with E-state index in [9.17, 15) is 38.6 Å². The van der Waals surface area contributed by atoms with Crippen molar-refractivity contribution in [1.82, 2.24) is 20.1 Å². The molecule has 282 valence electrons. The molecule has 14 nitrogen and oxygen atoms in total. The van der Waals surface area contributed by atoms with Gasteiger partial charge in [-0.2, -0.15) is 0 Å². The predicted octanol–water partition coefficient (Wildman–Crippen LogP) is 2.50. The number of hydrogen-bond acceptors (Lipinski definition) is 9. The smallest absolute Gasteiger partial charge is 0.341 e. The van der Waals surface area contributed by atoms with Crippen molar-refractivity contribution in [3.05, 3.63) is 75.8 Å². The molecule has 2 aliphatic heterocycles. The number of halogens is 1. The second kappa shape index (κ2) is 19.1. The van der Waals surface area contributed by atoms with E-state index in [0.29, 0.717) is 82.5 Å². The van der Waals surface area contributed by atoms with Gasteiger partial charge in [0.05, 0.1) is 17.2 Å². The van der Waals surface area contributed by atoms with E-state index >= 15 is 0 Å². The van der Waals surface area contributed by atoms with Crippen LogP contribution in [-0.4, -0.2) is 106 Å². The molecular weight excluding hydrogens is 675 g/mol. The lowest BCUT2D eigenvalue weighted by atomic mass is 10.0. The molecular formula is C37H49FN6O8. The van der Waals surface area contributed by atoms with Gasteiger partial charge >= 0.3 is 17.9 Å². The van der Waals surface area contributed by atoms with Crippen molar-refractivity contribution in [2.45, 2.75) is 76.5 Å². The van der Waals surface area contributed by atoms with Crippen molar-refractivity contribution in [2.75, 3.05) is 44.2 Å². The second-order valence-electron chi connectivity index (χ2n) is 13.0. The highest BCUT2D eigenvalue weighted by Gasteiger charge is 2.38. The van der Waals surface area contributed by atoms with Gasteiger partial charge in [0.2, 0.25) is 11.3 Å². The van der Waals surface area contributed by atoms with Gasteiger partial charge in [-0.05, 0) is 69.7 Å². The quantitative estimate of drug-likeness (QED) is 0.125. The molecule has 2 fully saturated rings. The van der Waals surface area contributed by atoms with Crippen LogP contribution in [0.5, 0.6) is 0 Å². The van der Waals surface area contributed by atoms with Crippen LogP contribution >= 0.6 is 0 Å². The Hall–Kier alpha value is -4.86. The van der Waals surface area contributed by atoms with Crippen LogP contribution < -0.4 is 26.7 Å². The number of unbranched alkanes of at least 4 members (excludes halogenated alkanes) is 1. The summed E-state index contributed by atoms with van der Waals surface area (Å²) in [6.45, 7) is 6.13. The lowest BCUT2D eigenvalue weighted by molar-refractivity contribution is -0.149. The summed E-state index contributed by atoms with van der Waals surface area (Å²) in [7, 11) is 0. The molecule has 52 heavy (non-hydrogen) atoms. The van der Waals surface area contributed by atoms with Crippen LogP contribution in [0.2, 0.25) is 0 Å². The lowest BCUT2D eigenvalue weighted by Gasteiger charge is -2.30. The van der Waals surface area contributed by atoms with Gasteiger partial charge in [-0.15, -0.1) is 0 Å². The van der Waals surface area contributed by atoms with Crippen molar-refractivity contribution in [2.24, 2.45) is 5.73 Å². The number of nitrogens with zero attached hydrogens (tertiary/aromatic N) is 3. The van der Waals surface area contributed by atoms with Gasteiger partial charge in [0.1, 0.15) is 23.5 Å². The average Bonchev–Trinajstić information content (AvgIpc) is 3.64. The minimum atomic E-state index is -1.30. The van der Waals surface area contributed by atoms with Crippen LogP contribution in [0, 0.1) is 5.82 Å². The number of aliphatic carboxylic acids is 2. The third kappa shape index (κ3) is 10.1. The third-order valence-corrected chi connectivity index (χ3v) is 9.51. The number of rotatable bonds is 15. The minimum absolute atomic E-state index is 0.100. The standard InChI is InChI=1S/C21H31N3O5.C16H18FN3O3/c22-13-5-4-9-16(19(25)24-14-6-10-18(24)21(28)29)23-17(20(26)27)12-11-15-7-2-1-3-8-15;1-2-19-9-11(16(22)23)15(21)10-7-12(17)14(8-13(10)19)20-5-3-18-4-6-20/h1-3,7-8,16-18,23H,4-6,9-14,22H2,(H,26,27)(H,28,29);7-9,18H,2-6H2,1H3,(H,22,23)/t16-,17-,18-;/m0./s1. The maximum Gasteiger partial charge on any atom is 0.341 e. The first-order valence-corrected chi connectivity index (χ1v) is 17.8. The van der Waals surface area contributed by atoms with E-state index in [2.05, 4.69) is 10.6 Å². The topological polar surface area (TPSA) is 208 Å². The number of amides is 1. The first-order valence-electron chi connectivity index (χ1n) is 17.8. The van der Waals surface area contributed by atoms with Gasteiger partial charge in [-0.1, -0.05) is 36.8 Å². The summed E-state index contributed by atoms with van der Waals surface area (Å²) in [6.07, 6.45) is 5.09. The Morgan fingerprint density at radius 2 is 1.71 bits per heavy atom. The number of nitrogens with two attached hydrogens (primary N) is 1. The number of aromatic nitrogens is 1. The van der Waals surface area contributed by atoms with Gasteiger partial charge < -0.3 is 40.7 Å². The largest absolute Gasteiger partial charge is 0.480 e. The Morgan fingerprint density at radius 3 is 2.33 bits per heavy atom. The number of carbonyl (C=O) groups excluding carboxylic acids is 1. The number of likely N-dealkylation sites (tertiary alicyclic amines) is 1. The van der Waals surface area contributed by atoms with E-state index in [1.54, 1.807) is 10.6 Å². The Bertz CT molecular complexity index is 1760. The normalized spacial score (nSPS) is 16.9. The minimum Gasteiger partial charge on any atom is -0.480 e. The maximum atomic E-state index is 14.5. The van der Waals surface area contributed by atoms with E-state index in [-0.39, 0.29) is 16.9 Å². The molecule has 2 saturated heterocycles. The molecule has 0 bridgehead atoms. The number of anilines is 1. The van der Waals surface area contributed by atoms with E-state index in [4.69, 9.17) is 10.8 Å². The van der Waals surface area contributed by atoms with E-state index in [1.165, 1.54) is 11.1 Å². The predicted molar refractivity (Wildman–Crippen MR) is 194 cm³/mol. The van der Waals surface area contributed by atoms with Crippen LogP contribution in [-0.2, 0) is 27.3 Å². The third-order valence-electron chi connectivity index (χ3n) is 9.51. The molecule has 0 aliphatic carbocycles. The lowest BCUT2D eigenvalue weighted by Crippen LogP contribution is -2.54. The van der Waals surface area contributed by atoms with Crippen LogP contribution in [0.1, 0.15) is 61.4 Å². The van der Waals surface area contributed by atoms with E-state index in [0.717, 1.165) is 31.1 Å². The van der Waals surface area contributed by atoms with Crippen molar-refractivity contribution in [3.63, 3.8) is 0 Å². The van der Waals surface area contributed by atoms with Gasteiger partial charge in [-0.25, -0.2) is 14.0 Å². The highest BCUT2D eigenvalue weighted by molar-refractivity contribution is 5.93. The number of fused-ring (bicyclic) bond motifs is 1. The molecule has 3 heterocycles. The molecule has 0 saturated carbocycles. The Morgan fingerprint density at radius 1 is 1.00 bits per heavy atom. The maximum absolute atomic E-state index is 14.5. The van der Waals surface area contributed by atoms with Crippen LogP contribution in [0.25, 0.3) is 10.9 Å². The highest BCUT2D eigenvalue weighted by Crippen LogP contribution is 2.26. The first-order chi connectivity index (χ1) is 25.0. The molecule has 3 aromatic rings. The number of carbonyl (C=O) groups is 4. The number of aromatic carboxylic acids is 1. The molecule has 1 aromatic heterocycles. The summed E-state index contributed by atoms with van der Waals surface area (Å²) in [5, 5.41) is 34.5. The zero-order valence-corrected chi connectivity index (χ0v) is 29.4. The summed E-state index contributed by atoms with van der Waals surface area (Å²) in [5.41, 5.74) is 6.59. The fourth-order valence-electron chi connectivity index (χ4n) is 6.70. The summed E-state index contributed by atoms with van der Waals surface area (Å²) in [4.78, 5) is 63.1. The van der Waals surface area contributed by atoms with Gasteiger partial charge in [-0.3, -0.25) is 19.7 Å². The molecule has 3 atom stereocenters. The monoisotopic (exact) mass is 724 g/mol. The number of carboxylic acids is 3. The van der Waals surface area contributed by atoms with Crippen LogP contribution in [0.4, 0.5) is 10.1 Å². The Balaban J connectivity index is 0.000000238. The van der Waals surface area contributed by atoms with Crippen LogP contribution in [0.3, 0.4) is 0 Å². The van der Waals surface area contributed by atoms with E-state index < -0.39 is 47.3 Å². The van der Waals surface area contributed by atoms with E-state index in [1.807, 2.05) is 42.2 Å². The first kappa shape index (κ1) is 39.9. The molecule has 0 unspecified atom stereocenters. The number of hydrogen-bond donors (Lipinski definition) is 6. The fourth-order valence-corrected chi connectivity index (χ4v) is 6.70. The number of nitrogens with one attached hydrogen (secondary N) is 2. The molecule has 15 heteroatoms. The summed E-state index contributed by atoms with van der Waals surface area (Å²) < 4.78 is 16.2. The summed E-state index contributed by atoms with van der Waals surface area (Å²) in [6, 6.07) is 9.90. The van der Waals surface area contributed by atoms with Gasteiger partial charge in [0.15, 0.2) is 0 Å². The zero-order chi connectivity index (χ0) is 37.8. The average molecular weight is 725 g/mol. The Labute approximate surface area is 301 Å². The van der Waals surface area contributed by atoms with Crippen molar-refractivity contribution < 1.29 is 38.9 Å². The van der Waals surface area contributed by atoms with Crippen molar-refractivity contribution in [3.8, 4) is 0 Å². The molecule has 2 aromatic carbocycles. The number of pyridine rings is 1. The van der Waals surface area contributed by atoms with Gasteiger partial charge in [0.25, 0.3) is 0 Å². The number of benzene rings is 2. The number of piperazine rings is 1. The summed E-state index contributed by atoms with van der Waals surface area (Å²) in [5.74, 6) is -4.17. The Kier molecular flexibility index (Phi) is 14.7. The molecule has 0 spiro atoms. The zero-order valence-electron chi connectivity index (χ0n) is 29.4. The summed E-state index contributed by atoms with van der Waals surface area (Å²) >= 11 is 0. The SMILES string of the molecule is CCn1cc(C(=O)O)c(=O)c2cc(F)c(N3CCNCC3)cc21.NCCCC[C@H](N[C@@H](CCc1ccccc1)C(=O)O)C(=O)N1CCC[C@H]1C(=O)O. The van der Waals surface area contributed by atoms with Crippen molar-refractivity contribution in [1.29, 1.82) is 0 Å². The molecule has 1 amide bonds. The highest BCUT2D eigenvalue weighted by atomic mass is 19.1. The fraction of sp³-hybridized carbons (Fsp3) is 0.486. The molecule has 5 rings (SSSR count). The van der Waals surface area contributed by atoms with Gasteiger partial charge in [0, 0.05) is 50.9 Å². The number of carboxylic acid groups (broad SMARTS) is 3. The number of aryl methyl sites for hydroxylation is 2. The molecule has 2 aliphatic rings. The second-order valence-corrected chi connectivity index (χ2v) is 13.0. The van der Waals surface area contributed by atoms with Crippen molar-refractivity contribution >= 4 is 40.4 Å². The molecule has 7 N–H and O–H groups in total.